The number of pyridine rings is 1. The summed E-state index contributed by atoms with van der Waals surface area (Å²) in [5.41, 5.74) is 0.613. The molecule has 0 spiro atoms. The van der Waals surface area contributed by atoms with Gasteiger partial charge >= 0.3 is 0 Å². The smallest absolute Gasteiger partial charge is 0.128 e. The van der Waals surface area contributed by atoms with Gasteiger partial charge in [-0.25, -0.2) is 4.98 Å². The van der Waals surface area contributed by atoms with Gasteiger partial charge in [0.25, 0.3) is 0 Å². The highest BCUT2D eigenvalue weighted by atomic mass is 35.5. The van der Waals surface area contributed by atoms with Gasteiger partial charge in [-0.05, 0) is 19.1 Å². The fourth-order valence-electron chi connectivity index (χ4n) is 1.80. The Balaban J connectivity index is 0.00000128. The maximum Gasteiger partial charge on any atom is 0.128 e. The number of nitrogens with zero attached hydrogens (tertiary/aromatic N) is 3. The lowest BCUT2D eigenvalue weighted by Crippen LogP contribution is -2.50. The molecule has 4 nitrogen and oxygen atoms in total. The van der Waals surface area contributed by atoms with Crippen molar-refractivity contribution in [3.8, 4) is 6.07 Å². The molecular weight excluding hydrogens is 224 g/mol. The molecular formula is C11H15ClN4. The van der Waals surface area contributed by atoms with Crippen LogP contribution in [0.2, 0.25) is 0 Å². The number of piperazine rings is 1. The first-order chi connectivity index (χ1) is 7.31. The van der Waals surface area contributed by atoms with Gasteiger partial charge in [0.2, 0.25) is 0 Å². The molecule has 2 heterocycles. The Hall–Kier alpha value is -1.31. The first-order valence-corrected chi connectivity index (χ1v) is 5.15. The molecule has 86 valence electrons. The SMILES string of the molecule is C[C@H]1CNCCN1c1ccc(C#N)cn1.Cl. The van der Waals surface area contributed by atoms with Crippen molar-refractivity contribution in [1.82, 2.24) is 10.3 Å². The fourth-order valence-corrected chi connectivity index (χ4v) is 1.80. The normalized spacial score (nSPS) is 19.8. The predicted octanol–water partition coefficient (Wildman–Crippen LogP) is 1.17. The quantitative estimate of drug-likeness (QED) is 0.798. The molecule has 0 amide bonds. The summed E-state index contributed by atoms with van der Waals surface area (Å²) in [6, 6.07) is 6.27. The van der Waals surface area contributed by atoms with Crippen molar-refractivity contribution < 1.29 is 0 Å². The van der Waals surface area contributed by atoms with E-state index in [2.05, 4.69) is 28.2 Å². The summed E-state index contributed by atoms with van der Waals surface area (Å²) in [6.07, 6.45) is 1.63. The van der Waals surface area contributed by atoms with Gasteiger partial charge in [0.1, 0.15) is 11.9 Å². The van der Waals surface area contributed by atoms with Crippen molar-refractivity contribution >= 4 is 18.2 Å². The lowest BCUT2D eigenvalue weighted by molar-refractivity contribution is 0.497. The van der Waals surface area contributed by atoms with Crippen molar-refractivity contribution in [3.63, 3.8) is 0 Å². The van der Waals surface area contributed by atoms with Gasteiger partial charge in [-0.1, -0.05) is 0 Å². The monoisotopic (exact) mass is 238 g/mol. The maximum absolute atomic E-state index is 8.68. The molecule has 2 rings (SSSR count). The van der Waals surface area contributed by atoms with E-state index in [-0.39, 0.29) is 12.4 Å². The molecule has 0 unspecified atom stereocenters. The second-order valence-corrected chi connectivity index (χ2v) is 3.76. The third-order valence-corrected chi connectivity index (χ3v) is 2.67. The number of anilines is 1. The van der Waals surface area contributed by atoms with Crippen LogP contribution < -0.4 is 10.2 Å². The van der Waals surface area contributed by atoms with Gasteiger partial charge in [0.15, 0.2) is 0 Å². The molecule has 1 atom stereocenters. The summed E-state index contributed by atoms with van der Waals surface area (Å²) in [5, 5.41) is 12.0. The van der Waals surface area contributed by atoms with Gasteiger partial charge in [0, 0.05) is 31.9 Å². The second-order valence-electron chi connectivity index (χ2n) is 3.76. The molecule has 0 radical (unpaired) electrons. The number of aromatic nitrogens is 1. The molecule has 1 N–H and O–H groups in total. The van der Waals surface area contributed by atoms with E-state index in [9.17, 15) is 0 Å². The molecule has 16 heavy (non-hydrogen) atoms. The molecule has 1 aliphatic rings. The summed E-state index contributed by atoms with van der Waals surface area (Å²) in [7, 11) is 0. The number of nitriles is 1. The number of rotatable bonds is 1. The Morgan fingerprint density at radius 2 is 2.38 bits per heavy atom. The predicted molar refractivity (Wildman–Crippen MR) is 65.9 cm³/mol. The van der Waals surface area contributed by atoms with E-state index in [0.717, 1.165) is 25.5 Å². The van der Waals surface area contributed by atoms with Crippen molar-refractivity contribution in [2.75, 3.05) is 24.5 Å². The van der Waals surface area contributed by atoms with E-state index < -0.39 is 0 Å². The number of hydrogen-bond donors (Lipinski definition) is 1. The van der Waals surface area contributed by atoms with Gasteiger partial charge in [-0.3, -0.25) is 0 Å². The second kappa shape index (κ2) is 5.69. The van der Waals surface area contributed by atoms with Crippen molar-refractivity contribution in [1.29, 1.82) is 5.26 Å². The van der Waals surface area contributed by atoms with Crippen LogP contribution >= 0.6 is 12.4 Å². The zero-order valence-electron chi connectivity index (χ0n) is 9.18. The van der Waals surface area contributed by atoms with Crippen LogP contribution in [0.1, 0.15) is 12.5 Å². The van der Waals surface area contributed by atoms with Crippen LogP contribution in [0.4, 0.5) is 5.82 Å². The van der Waals surface area contributed by atoms with Crippen LogP contribution in [-0.2, 0) is 0 Å². The average molecular weight is 239 g/mol. The summed E-state index contributed by atoms with van der Waals surface area (Å²) >= 11 is 0. The minimum absolute atomic E-state index is 0. The summed E-state index contributed by atoms with van der Waals surface area (Å²) in [5.74, 6) is 0.961. The van der Waals surface area contributed by atoms with Crippen LogP contribution in [0, 0.1) is 11.3 Å². The van der Waals surface area contributed by atoms with Crippen LogP contribution in [0.3, 0.4) is 0 Å². The zero-order chi connectivity index (χ0) is 10.7. The Labute approximate surface area is 102 Å². The Morgan fingerprint density at radius 3 is 2.94 bits per heavy atom. The summed E-state index contributed by atoms with van der Waals surface area (Å²) in [6.45, 7) is 5.12. The third kappa shape index (κ3) is 2.63. The van der Waals surface area contributed by atoms with Crippen LogP contribution in [0.5, 0.6) is 0 Å². The van der Waals surface area contributed by atoms with E-state index in [1.54, 1.807) is 6.20 Å². The highest BCUT2D eigenvalue weighted by Gasteiger charge is 2.18. The Morgan fingerprint density at radius 1 is 1.56 bits per heavy atom. The fraction of sp³-hybridized carbons (Fsp3) is 0.455. The van der Waals surface area contributed by atoms with Crippen LogP contribution in [0.15, 0.2) is 18.3 Å². The molecule has 1 saturated heterocycles. The lowest BCUT2D eigenvalue weighted by atomic mass is 10.2. The van der Waals surface area contributed by atoms with E-state index in [4.69, 9.17) is 5.26 Å². The minimum atomic E-state index is 0. The molecule has 5 heteroatoms. The molecule has 1 fully saturated rings. The standard InChI is InChI=1S/C11H14N4.ClH/c1-9-7-13-4-5-15(9)11-3-2-10(6-12)8-14-11;/h2-3,8-9,13H,4-5,7H2,1H3;1H/t9-;/m0./s1. The maximum atomic E-state index is 8.68. The van der Waals surface area contributed by atoms with Crippen molar-refractivity contribution in [2.24, 2.45) is 0 Å². The third-order valence-electron chi connectivity index (χ3n) is 2.67. The van der Waals surface area contributed by atoms with Gasteiger partial charge < -0.3 is 10.2 Å². The summed E-state index contributed by atoms with van der Waals surface area (Å²) in [4.78, 5) is 6.56. The van der Waals surface area contributed by atoms with Gasteiger partial charge in [-0.2, -0.15) is 5.26 Å². The Bertz CT molecular complexity index is 371. The molecule has 0 aromatic carbocycles. The molecule has 1 aliphatic heterocycles. The Kier molecular flexibility index (Phi) is 4.53. The number of halogens is 1. The summed E-state index contributed by atoms with van der Waals surface area (Å²) < 4.78 is 0. The highest BCUT2D eigenvalue weighted by molar-refractivity contribution is 5.85. The van der Waals surface area contributed by atoms with E-state index >= 15 is 0 Å². The lowest BCUT2D eigenvalue weighted by Gasteiger charge is -2.34. The van der Waals surface area contributed by atoms with Gasteiger partial charge in [-0.15, -0.1) is 12.4 Å². The minimum Gasteiger partial charge on any atom is -0.351 e. The number of hydrogen-bond acceptors (Lipinski definition) is 4. The topological polar surface area (TPSA) is 52.0 Å². The van der Waals surface area contributed by atoms with Crippen molar-refractivity contribution in [3.05, 3.63) is 23.9 Å². The molecule has 0 bridgehead atoms. The molecule has 1 aromatic rings. The van der Waals surface area contributed by atoms with Crippen LogP contribution in [0.25, 0.3) is 0 Å². The van der Waals surface area contributed by atoms with Crippen LogP contribution in [-0.4, -0.2) is 30.7 Å². The largest absolute Gasteiger partial charge is 0.351 e. The first kappa shape index (κ1) is 12.8. The van der Waals surface area contributed by atoms with E-state index in [1.165, 1.54) is 0 Å². The van der Waals surface area contributed by atoms with Crippen molar-refractivity contribution in [2.45, 2.75) is 13.0 Å². The molecule has 0 saturated carbocycles. The highest BCUT2D eigenvalue weighted by Crippen LogP contribution is 2.15. The van der Waals surface area contributed by atoms with Gasteiger partial charge in [0.05, 0.1) is 5.56 Å². The zero-order valence-corrected chi connectivity index (χ0v) is 10.00. The first-order valence-electron chi connectivity index (χ1n) is 5.15. The number of nitrogens with one attached hydrogen (secondary N) is 1. The molecule has 0 aliphatic carbocycles. The van der Waals surface area contributed by atoms with E-state index in [0.29, 0.717) is 11.6 Å². The average Bonchev–Trinajstić information content (AvgIpc) is 2.30. The van der Waals surface area contributed by atoms with E-state index in [1.807, 2.05) is 12.1 Å². The molecule has 1 aromatic heterocycles.